The lowest BCUT2D eigenvalue weighted by Crippen LogP contribution is -2.06. The van der Waals surface area contributed by atoms with Gasteiger partial charge in [-0.3, -0.25) is 4.79 Å². The number of carbonyl (C=O) groups excluding carboxylic acids is 1. The van der Waals surface area contributed by atoms with Crippen LogP contribution in [-0.4, -0.2) is 12.4 Å². The molecule has 1 aliphatic rings. The minimum absolute atomic E-state index is 0.0425. The Hall–Kier alpha value is -1.64. The molecule has 2 nitrogen and oxygen atoms in total. The molecule has 1 aliphatic heterocycles. The van der Waals surface area contributed by atoms with Gasteiger partial charge in [-0.15, -0.1) is 0 Å². The maximum atomic E-state index is 12.6. The molecule has 78 valence electrons. The smallest absolute Gasteiger partial charge is 0.201 e. The largest absolute Gasteiger partial charge is 0.490 e. The molecular formula is C12H11FO2. The zero-order valence-electron chi connectivity index (χ0n) is 8.20. The average Bonchev–Trinajstić information content (AvgIpc) is 2.74. The predicted octanol–water partition coefficient (Wildman–Crippen LogP) is 2.24. The number of Topliss-reactive ketones (excluding diaryl/α,β-unsaturated/α-hetero) is 1. The molecule has 1 aromatic rings. The third-order valence-electron chi connectivity index (χ3n) is 2.26. The Balaban J connectivity index is 2.02. The Morgan fingerprint density at radius 1 is 1.33 bits per heavy atom. The first-order valence-corrected chi connectivity index (χ1v) is 4.86. The SMILES string of the molecule is O=C(Cc1ccc(F)cc1)C1=CCCO1. The van der Waals surface area contributed by atoms with E-state index < -0.39 is 0 Å². The molecule has 2 rings (SSSR count). The van der Waals surface area contributed by atoms with Gasteiger partial charge in [0.2, 0.25) is 5.78 Å². The zero-order chi connectivity index (χ0) is 10.7. The van der Waals surface area contributed by atoms with Crippen LogP contribution in [0.5, 0.6) is 0 Å². The highest BCUT2D eigenvalue weighted by Crippen LogP contribution is 2.13. The van der Waals surface area contributed by atoms with E-state index in [1.54, 1.807) is 18.2 Å². The first kappa shape index (κ1) is 9.90. The van der Waals surface area contributed by atoms with Crippen LogP contribution in [0.3, 0.4) is 0 Å². The van der Waals surface area contributed by atoms with Crippen LogP contribution in [0.4, 0.5) is 4.39 Å². The molecule has 0 amide bonds. The van der Waals surface area contributed by atoms with Crippen molar-refractivity contribution in [1.29, 1.82) is 0 Å². The van der Waals surface area contributed by atoms with Gasteiger partial charge < -0.3 is 4.74 Å². The number of ether oxygens (including phenoxy) is 1. The maximum absolute atomic E-state index is 12.6. The first-order chi connectivity index (χ1) is 7.25. The number of hydrogen-bond acceptors (Lipinski definition) is 2. The monoisotopic (exact) mass is 206 g/mol. The summed E-state index contributed by atoms with van der Waals surface area (Å²) in [5.74, 6) is 0.112. The quantitative estimate of drug-likeness (QED) is 0.758. The van der Waals surface area contributed by atoms with Crippen molar-refractivity contribution in [3.8, 4) is 0 Å². The highest BCUT2D eigenvalue weighted by molar-refractivity contribution is 5.95. The molecule has 0 aliphatic carbocycles. The third-order valence-corrected chi connectivity index (χ3v) is 2.26. The number of hydrogen-bond donors (Lipinski definition) is 0. The number of carbonyl (C=O) groups is 1. The van der Waals surface area contributed by atoms with Crippen molar-refractivity contribution < 1.29 is 13.9 Å². The second kappa shape index (κ2) is 4.26. The molecule has 0 radical (unpaired) electrons. The van der Waals surface area contributed by atoms with Crippen LogP contribution in [-0.2, 0) is 16.0 Å². The lowest BCUT2D eigenvalue weighted by Gasteiger charge is -2.02. The van der Waals surface area contributed by atoms with Crippen LogP contribution < -0.4 is 0 Å². The number of allylic oxidation sites excluding steroid dienone is 1. The topological polar surface area (TPSA) is 26.3 Å². The summed E-state index contributed by atoms with van der Waals surface area (Å²) in [5.41, 5.74) is 0.804. The normalized spacial score (nSPS) is 14.6. The standard InChI is InChI=1S/C12H11FO2/c13-10-5-3-9(4-6-10)8-11(14)12-2-1-7-15-12/h2-6H,1,7-8H2. The summed E-state index contributed by atoms with van der Waals surface area (Å²) < 4.78 is 17.8. The highest BCUT2D eigenvalue weighted by Gasteiger charge is 2.14. The Bertz CT molecular complexity index is 393. The first-order valence-electron chi connectivity index (χ1n) is 4.86. The molecule has 3 heteroatoms. The molecule has 1 aromatic carbocycles. The summed E-state index contributed by atoms with van der Waals surface area (Å²) in [5, 5.41) is 0. The van der Waals surface area contributed by atoms with E-state index in [9.17, 15) is 9.18 Å². The molecule has 0 saturated heterocycles. The molecule has 0 spiro atoms. The van der Waals surface area contributed by atoms with Crippen molar-refractivity contribution in [2.75, 3.05) is 6.61 Å². The van der Waals surface area contributed by atoms with Crippen molar-refractivity contribution in [3.05, 3.63) is 47.5 Å². The Labute approximate surface area is 87.4 Å². The van der Waals surface area contributed by atoms with E-state index in [4.69, 9.17) is 4.74 Å². The zero-order valence-corrected chi connectivity index (χ0v) is 8.20. The molecule has 0 atom stereocenters. The number of benzene rings is 1. The van der Waals surface area contributed by atoms with E-state index in [0.29, 0.717) is 12.4 Å². The van der Waals surface area contributed by atoms with Crippen LogP contribution >= 0.6 is 0 Å². The van der Waals surface area contributed by atoms with Crippen LogP contribution in [0, 0.1) is 5.82 Å². The fraction of sp³-hybridized carbons (Fsp3) is 0.250. The van der Waals surface area contributed by atoms with Gasteiger partial charge in [0.05, 0.1) is 6.61 Å². The summed E-state index contributed by atoms with van der Waals surface area (Å²) in [6.07, 6.45) is 2.86. The molecule has 0 aromatic heterocycles. The van der Waals surface area contributed by atoms with Crippen molar-refractivity contribution in [2.24, 2.45) is 0 Å². The molecule has 0 saturated carbocycles. The van der Waals surface area contributed by atoms with E-state index in [2.05, 4.69) is 0 Å². The van der Waals surface area contributed by atoms with Gasteiger partial charge in [-0.2, -0.15) is 0 Å². The minimum atomic E-state index is -0.289. The molecule has 0 fully saturated rings. The van der Waals surface area contributed by atoms with Gasteiger partial charge in [0.15, 0.2) is 5.76 Å². The van der Waals surface area contributed by atoms with Crippen molar-refractivity contribution in [1.82, 2.24) is 0 Å². The number of halogens is 1. The number of ketones is 1. The van der Waals surface area contributed by atoms with Crippen LogP contribution in [0.25, 0.3) is 0 Å². The molecule has 15 heavy (non-hydrogen) atoms. The Kier molecular flexibility index (Phi) is 2.81. The van der Waals surface area contributed by atoms with Gasteiger partial charge in [0, 0.05) is 12.8 Å². The summed E-state index contributed by atoms with van der Waals surface area (Å²) in [6.45, 7) is 0.588. The lowest BCUT2D eigenvalue weighted by molar-refractivity contribution is -0.117. The van der Waals surface area contributed by atoms with Crippen molar-refractivity contribution in [2.45, 2.75) is 12.8 Å². The fourth-order valence-corrected chi connectivity index (χ4v) is 1.49. The number of rotatable bonds is 3. The van der Waals surface area contributed by atoms with Gasteiger partial charge >= 0.3 is 0 Å². The van der Waals surface area contributed by atoms with Crippen molar-refractivity contribution in [3.63, 3.8) is 0 Å². The summed E-state index contributed by atoms with van der Waals surface area (Å²) in [6, 6.07) is 5.94. The molecule has 1 heterocycles. The summed E-state index contributed by atoms with van der Waals surface area (Å²) in [4.78, 5) is 11.6. The van der Waals surface area contributed by atoms with E-state index >= 15 is 0 Å². The summed E-state index contributed by atoms with van der Waals surface area (Å²) in [7, 11) is 0. The second-order valence-corrected chi connectivity index (χ2v) is 3.43. The van der Waals surface area contributed by atoms with Crippen LogP contribution in [0.1, 0.15) is 12.0 Å². The Morgan fingerprint density at radius 3 is 2.67 bits per heavy atom. The second-order valence-electron chi connectivity index (χ2n) is 3.43. The average molecular weight is 206 g/mol. The highest BCUT2D eigenvalue weighted by atomic mass is 19.1. The molecule has 0 N–H and O–H groups in total. The fourth-order valence-electron chi connectivity index (χ4n) is 1.49. The van der Waals surface area contributed by atoms with E-state index in [1.807, 2.05) is 0 Å². The molecular weight excluding hydrogens is 195 g/mol. The Morgan fingerprint density at radius 2 is 2.07 bits per heavy atom. The van der Waals surface area contributed by atoms with Gasteiger partial charge in [0.1, 0.15) is 5.82 Å². The van der Waals surface area contributed by atoms with Crippen LogP contribution in [0.2, 0.25) is 0 Å². The van der Waals surface area contributed by atoms with Gasteiger partial charge in [-0.05, 0) is 23.8 Å². The third kappa shape index (κ3) is 2.43. The summed E-state index contributed by atoms with van der Waals surface area (Å²) >= 11 is 0. The maximum Gasteiger partial charge on any atom is 0.201 e. The minimum Gasteiger partial charge on any atom is -0.490 e. The van der Waals surface area contributed by atoms with Crippen LogP contribution in [0.15, 0.2) is 36.1 Å². The van der Waals surface area contributed by atoms with E-state index in [0.717, 1.165) is 12.0 Å². The van der Waals surface area contributed by atoms with Gasteiger partial charge in [0.25, 0.3) is 0 Å². The van der Waals surface area contributed by atoms with Crippen molar-refractivity contribution >= 4 is 5.78 Å². The van der Waals surface area contributed by atoms with E-state index in [-0.39, 0.29) is 18.0 Å². The van der Waals surface area contributed by atoms with Gasteiger partial charge in [-0.1, -0.05) is 12.1 Å². The molecule has 0 bridgehead atoms. The van der Waals surface area contributed by atoms with E-state index in [1.165, 1.54) is 12.1 Å². The lowest BCUT2D eigenvalue weighted by atomic mass is 10.1. The van der Waals surface area contributed by atoms with Gasteiger partial charge in [-0.25, -0.2) is 4.39 Å². The molecule has 0 unspecified atom stereocenters. The predicted molar refractivity (Wildman–Crippen MR) is 53.8 cm³/mol.